The van der Waals surface area contributed by atoms with Gasteiger partial charge >= 0.3 is 5.97 Å². The van der Waals surface area contributed by atoms with Gasteiger partial charge in [-0.15, -0.1) is 0 Å². The summed E-state index contributed by atoms with van der Waals surface area (Å²) in [5, 5.41) is 3.42. The molecule has 0 saturated heterocycles. The quantitative estimate of drug-likeness (QED) is 0.727. The predicted octanol–water partition coefficient (Wildman–Crippen LogP) is 1.96. The highest BCUT2D eigenvalue weighted by atomic mass is 16.5. The molecule has 3 unspecified atom stereocenters. The van der Waals surface area contributed by atoms with E-state index in [4.69, 9.17) is 4.74 Å². The number of ether oxygens (including phenoxy) is 1. The molecular formula is C13H23NO2. The maximum Gasteiger partial charge on any atom is 0.323 e. The molecule has 2 fully saturated rings. The second kappa shape index (κ2) is 5.17. The van der Waals surface area contributed by atoms with Crippen LogP contribution in [0, 0.1) is 17.8 Å². The van der Waals surface area contributed by atoms with E-state index in [0.29, 0.717) is 5.92 Å². The van der Waals surface area contributed by atoms with Crippen LogP contribution in [0.15, 0.2) is 0 Å². The Balaban J connectivity index is 1.75. The van der Waals surface area contributed by atoms with Crippen molar-refractivity contribution < 1.29 is 9.53 Å². The minimum atomic E-state index is -0.0754. The molecule has 2 aliphatic rings. The second-order valence-electron chi connectivity index (χ2n) is 5.53. The van der Waals surface area contributed by atoms with Gasteiger partial charge in [-0.3, -0.25) is 4.79 Å². The van der Waals surface area contributed by atoms with Gasteiger partial charge in [-0.1, -0.05) is 13.3 Å². The van der Waals surface area contributed by atoms with Gasteiger partial charge in [0.25, 0.3) is 0 Å². The average Bonchev–Trinajstić information content (AvgIpc) is 3.02. The lowest BCUT2D eigenvalue weighted by molar-refractivity contribution is -0.143. The summed E-state index contributed by atoms with van der Waals surface area (Å²) in [6, 6.07) is -0.0408. The zero-order chi connectivity index (χ0) is 11.5. The molecule has 2 rings (SSSR count). The zero-order valence-corrected chi connectivity index (χ0v) is 10.4. The van der Waals surface area contributed by atoms with Crippen molar-refractivity contribution in [2.24, 2.45) is 17.8 Å². The average molecular weight is 225 g/mol. The van der Waals surface area contributed by atoms with Crippen LogP contribution >= 0.6 is 0 Å². The molecule has 0 aromatic rings. The smallest absolute Gasteiger partial charge is 0.323 e. The van der Waals surface area contributed by atoms with E-state index in [0.717, 1.165) is 18.4 Å². The van der Waals surface area contributed by atoms with Crippen molar-refractivity contribution in [2.45, 2.75) is 45.1 Å². The molecule has 92 valence electrons. The van der Waals surface area contributed by atoms with Gasteiger partial charge < -0.3 is 10.1 Å². The van der Waals surface area contributed by atoms with Crippen LogP contribution in [0.3, 0.4) is 0 Å². The maximum absolute atomic E-state index is 11.6. The van der Waals surface area contributed by atoms with Crippen LogP contribution in [-0.2, 0) is 9.53 Å². The third-order valence-corrected chi connectivity index (χ3v) is 3.98. The van der Waals surface area contributed by atoms with Crippen LogP contribution in [-0.4, -0.2) is 25.7 Å². The zero-order valence-electron chi connectivity index (χ0n) is 10.4. The molecule has 0 aliphatic heterocycles. The Kier molecular flexibility index (Phi) is 3.85. The summed E-state index contributed by atoms with van der Waals surface area (Å²) < 4.78 is 4.85. The molecule has 1 N–H and O–H groups in total. The Morgan fingerprint density at radius 3 is 2.62 bits per heavy atom. The molecule has 3 atom stereocenters. The normalized spacial score (nSPS) is 31.4. The minimum Gasteiger partial charge on any atom is -0.468 e. The van der Waals surface area contributed by atoms with Gasteiger partial charge in [-0.2, -0.15) is 0 Å². The van der Waals surface area contributed by atoms with Crippen LogP contribution in [0.4, 0.5) is 0 Å². The van der Waals surface area contributed by atoms with E-state index >= 15 is 0 Å². The van der Waals surface area contributed by atoms with E-state index in [1.165, 1.54) is 39.2 Å². The molecule has 0 aromatic heterocycles. The fraction of sp³-hybridized carbons (Fsp3) is 0.923. The third-order valence-electron chi connectivity index (χ3n) is 3.98. The highest BCUT2D eigenvalue weighted by Crippen LogP contribution is 2.34. The summed E-state index contributed by atoms with van der Waals surface area (Å²) in [5.74, 6) is 2.09. The van der Waals surface area contributed by atoms with E-state index in [9.17, 15) is 4.79 Å². The summed E-state index contributed by atoms with van der Waals surface area (Å²) in [7, 11) is 1.48. The van der Waals surface area contributed by atoms with Gasteiger partial charge in [0.05, 0.1) is 7.11 Å². The summed E-state index contributed by atoms with van der Waals surface area (Å²) in [5.41, 5.74) is 0. The number of hydrogen-bond donors (Lipinski definition) is 1. The lowest BCUT2D eigenvalue weighted by atomic mass is 10.1. The lowest BCUT2D eigenvalue weighted by Crippen LogP contribution is -2.41. The van der Waals surface area contributed by atoms with Crippen LogP contribution in [0.5, 0.6) is 0 Å². The monoisotopic (exact) mass is 225 g/mol. The second-order valence-corrected chi connectivity index (χ2v) is 5.53. The highest BCUT2D eigenvalue weighted by Gasteiger charge is 2.37. The Morgan fingerprint density at radius 1 is 1.38 bits per heavy atom. The summed E-state index contributed by atoms with van der Waals surface area (Å²) in [6.07, 6.45) is 6.32. The molecule has 16 heavy (non-hydrogen) atoms. The van der Waals surface area contributed by atoms with Crippen molar-refractivity contribution in [1.82, 2.24) is 5.32 Å². The first-order chi connectivity index (χ1) is 7.70. The molecule has 2 aliphatic carbocycles. The number of carbonyl (C=O) groups excluding carboxylic acids is 1. The van der Waals surface area contributed by atoms with E-state index in [1.807, 2.05) is 0 Å². The van der Waals surface area contributed by atoms with E-state index in [1.54, 1.807) is 0 Å². The summed E-state index contributed by atoms with van der Waals surface area (Å²) in [4.78, 5) is 11.6. The minimum absolute atomic E-state index is 0.0408. The van der Waals surface area contributed by atoms with Gasteiger partial charge in [-0.05, 0) is 50.0 Å². The van der Waals surface area contributed by atoms with Crippen LogP contribution in [0.2, 0.25) is 0 Å². The number of hydrogen-bond acceptors (Lipinski definition) is 3. The van der Waals surface area contributed by atoms with Gasteiger partial charge in [0.1, 0.15) is 6.04 Å². The van der Waals surface area contributed by atoms with Gasteiger partial charge in [0.2, 0.25) is 0 Å². The molecule has 2 saturated carbocycles. The molecular weight excluding hydrogens is 202 g/mol. The van der Waals surface area contributed by atoms with Crippen molar-refractivity contribution in [3.05, 3.63) is 0 Å². The van der Waals surface area contributed by atoms with E-state index < -0.39 is 0 Å². The van der Waals surface area contributed by atoms with Crippen molar-refractivity contribution in [3.63, 3.8) is 0 Å². The first kappa shape index (κ1) is 11.9. The number of nitrogens with one attached hydrogen (secondary N) is 1. The Hall–Kier alpha value is -0.570. The van der Waals surface area contributed by atoms with Crippen LogP contribution in [0.25, 0.3) is 0 Å². The molecule has 3 nitrogen and oxygen atoms in total. The third kappa shape index (κ3) is 2.97. The predicted molar refractivity (Wildman–Crippen MR) is 63.0 cm³/mol. The van der Waals surface area contributed by atoms with Crippen molar-refractivity contribution in [2.75, 3.05) is 13.7 Å². The summed E-state index contributed by atoms with van der Waals surface area (Å²) in [6.45, 7) is 3.30. The first-order valence-corrected chi connectivity index (χ1v) is 6.52. The number of methoxy groups -OCH3 is 1. The molecule has 0 heterocycles. The topological polar surface area (TPSA) is 38.3 Å². The SMILES string of the molecule is COC(=O)C(NCC1CCC(C)C1)C1CC1. The number of esters is 1. The fourth-order valence-corrected chi connectivity index (χ4v) is 2.80. The Bertz CT molecular complexity index is 250. The molecule has 0 spiro atoms. The van der Waals surface area contributed by atoms with Gasteiger partial charge in [-0.25, -0.2) is 0 Å². The van der Waals surface area contributed by atoms with Crippen LogP contribution < -0.4 is 5.32 Å². The molecule has 0 bridgehead atoms. The Labute approximate surface area is 97.9 Å². The van der Waals surface area contributed by atoms with Crippen molar-refractivity contribution in [3.8, 4) is 0 Å². The van der Waals surface area contributed by atoms with Crippen LogP contribution in [0.1, 0.15) is 39.0 Å². The fourth-order valence-electron chi connectivity index (χ4n) is 2.80. The summed E-state index contributed by atoms with van der Waals surface area (Å²) >= 11 is 0. The van der Waals surface area contributed by atoms with Crippen molar-refractivity contribution in [1.29, 1.82) is 0 Å². The van der Waals surface area contributed by atoms with Gasteiger partial charge in [0.15, 0.2) is 0 Å². The number of carbonyl (C=O) groups is 1. The highest BCUT2D eigenvalue weighted by molar-refractivity contribution is 5.76. The molecule has 0 aromatic carbocycles. The lowest BCUT2D eigenvalue weighted by Gasteiger charge is -2.18. The Morgan fingerprint density at radius 2 is 2.12 bits per heavy atom. The standard InChI is InChI=1S/C13H23NO2/c1-9-3-4-10(7-9)8-14-12(11-5-6-11)13(15)16-2/h9-12,14H,3-8H2,1-2H3. The van der Waals surface area contributed by atoms with Crippen molar-refractivity contribution >= 4 is 5.97 Å². The first-order valence-electron chi connectivity index (χ1n) is 6.52. The number of rotatable bonds is 5. The molecule has 0 radical (unpaired) electrons. The largest absolute Gasteiger partial charge is 0.468 e. The molecule has 0 amide bonds. The van der Waals surface area contributed by atoms with E-state index in [2.05, 4.69) is 12.2 Å². The molecule has 3 heteroatoms. The maximum atomic E-state index is 11.6. The van der Waals surface area contributed by atoms with Gasteiger partial charge in [0, 0.05) is 0 Å². The van der Waals surface area contributed by atoms with E-state index in [-0.39, 0.29) is 12.0 Å².